The second kappa shape index (κ2) is 4.79. The van der Waals surface area contributed by atoms with Gasteiger partial charge >= 0.3 is 0 Å². The predicted molar refractivity (Wildman–Crippen MR) is 73.2 cm³/mol. The van der Waals surface area contributed by atoms with Crippen molar-refractivity contribution in [3.8, 4) is 0 Å². The zero-order valence-electron chi connectivity index (χ0n) is 10.5. The number of halogens is 1. The van der Waals surface area contributed by atoms with E-state index in [4.69, 9.17) is 11.6 Å². The van der Waals surface area contributed by atoms with Crippen LogP contribution in [0.25, 0.3) is 0 Å². The van der Waals surface area contributed by atoms with Crippen LogP contribution in [0.1, 0.15) is 18.9 Å². The molecule has 1 aliphatic heterocycles. The topological polar surface area (TPSA) is 57.6 Å². The third-order valence-electron chi connectivity index (χ3n) is 3.11. The fourth-order valence-corrected chi connectivity index (χ4v) is 2.54. The molecule has 0 aliphatic carbocycles. The molecule has 1 aromatic carbocycles. The van der Waals surface area contributed by atoms with Gasteiger partial charge in [0.1, 0.15) is 5.78 Å². The number of nitrogens with zero attached hydrogens (tertiary/aromatic N) is 1. The first-order valence-corrected chi connectivity index (χ1v) is 6.22. The highest BCUT2D eigenvalue weighted by molar-refractivity contribution is 6.31. The first-order chi connectivity index (χ1) is 8.90. The largest absolute Gasteiger partial charge is 0.375 e. The molecule has 1 aliphatic rings. The van der Waals surface area contributed by atoms with Crippen LogP contribution in [0.3, 0.4) is 0 Å². The summed E-state index contributed by atoms with van der Waals surface area (Å²) in [7, 11) is 0. The highest BCUT2D eigenvalue weighted by Gasteiger charge is 2.50. The number of fused-ring (bicyclic) bond motifs is 1. The molecular formula is C14H14ClNO3. The summed E-state index contributed by atoms with van der Waals surface area (Å²) in [6.07, 6.45) is 1.31. The van der Waals surface area contributed by atoms with E-state index in [1.807, 2.05) is 0 Å². The number of ketones is 1. The highest BCUT2D eigenvalue weighted by Crippen LogP contribution is 2.43. The van der Waals surface area contributed by atoms with Crippen molar-refractivity contribution in [1.82, 2.24) is 0 Å². The Morgan fingerprint density at radius 1 is 1.58 bits per heavy atom. The van der Waals surface area contributed by atoms with Crippen molar-refractivity contribution in [1.29, 1.82) is 0 Å². The Bertz CT molecular complexity index is 570. The number of anilines is 1. The average Bonchev–Trinajstić information content (AvgIpc) is 2.51. The third kappa shape index (κ3) is 2.17. The third-order valence-corrected chi connectivity index (χ3v) is 3.35. The van der Waals surface area contributed by atoms with Crippen LogP contribution >= 0.6 is 11.6 Å². The summed E-state index contributed by atoms with van der Waals surface area (Å²) in [6.45, 7) is 5.20. The number of Topliss-reactive ketones (excluding diaryl/α,β-unsaturated/α-hetero) is 1. The van der Waals surface area contributed by atoms with Gasteiger partial charge in [-0.05, 0) is 25.1 Å². The number of benzene rings is 1. The molecule has 2 rings (SSSR count). The molecule has 0 spiro atoms. The second-order valence-electron chi connectivity index (χ2n) is 4.60. The Hall–Kier alpha value is -1.65. The quantitative estimate of drug-likeness (QED) is 0.858. The molecule has 1 heterocycles. The summed E-state index contributed by atoms with van der Waals surface area (Å²) >= 11 is 5.91. The lowest BCUT2D eigenvalue weighted by molar-refractivity contribution is -0.141. The van der Waals surface area contributed by atoms with Crippen LogP contribution in [0, 0.1) is 0 Å². The smallest absolute Gasteiger partial charge is 0.264 e. The highest BCUT2D eigenvalue weighted by atomic mass is 35.5. The van der Waals surface area contributed by atoms with E-state index >= 15 is 0 Å². The standard InChI is InChI=1S/C14H14ClNO3/c1-3-6-16-12-5-4-10(15)7-11(12)14(19,13(16)18)8-9(2)17/h3-5,7,19H,1,6,8H2,2H3. The Balaban J connectivity index is 2.59. The van der Waals surface area contributed by atoms with Crippen LogP contribution in [0.2, 0.25) is 5.02 Å². The summed E-state index contributed by atoms with van der Waals surface area (Å²) in [5.41, 5.74) is -0.880. The van der Waals surface area contributed by atoms with Crippen LogP contribution in [0.5, 0.6) is 0 Å². The van der Waals surface area contributed by atoms with Gasteiger partial charge in [-0.25, -0.2) is 0 Å². The maximum Gasteiger partial charge on any atom is 0.264 e. The van der Waals surface area contributed by atoms with Gasteiger partial charge in [0.05, 0.1) is 5.69 Å². The first kappa shape index (κ1) is 13.8. The lowest BCUT2D eigenvalue weighted by Gasteiger charge is -2.21. The minimum atomic E-state index is -1.82. The molecule has 1 unspecified atom stereocenters. The van der Waals surface area contributed by atoms with Gasteiger partial charge in [0, 0.05) is 23.6 Å². The van der Waals surface area contributed by atoms with E-state index in [-0.39, 0.29) is 18.7 Å². The van der Waals surface area contributed by atoms with Gasteiger partial charge in [0.15, 0.2) is 5.60 Å². The van der Waals surface area contributed by atoms with Crippen molar-refractivity contribution in [2.24, 2.45) is 0 Å². The van der Waals surface area contributed by atoms with Crippen molar-refractivity contribution in [2.75, 3.05) is 11.4 Å². The molecule has 0 saturated carbocycles. The van der Waals surface area contributed by atoms with Gasteiger partial charge in [-0.2, -0.15) is 0 Å². The number of carbonyl (C=O) groups is 2. The van der Waals surface area contributed by atoms with Gasteiger partial charge in [-0.15, -0.1) is 6.58 Å². The minimum Gasteiger partial charge on any atom is -0.375 e. The van der Waals surface area contributed by atoms with Gasteiger partial charge in [-0.1, -0.05) is 17.7 Å². The van der Waals surface area contributed by atoms with E-state index in [0.717, 1.165) is 0 Å². The van der Waals surface area contributed by atoms with Crippen LogP contribution in [0.15, 0.2) is 30.9 Å². The number of hydrogen-bond donors (Lipinski definition) is 1. The molecule has 0 fully saturated rings. The van der Waals surface area contributed by atoms with Crippen molar-refractivity contribution >= 4 is 29.0 Å². The van der Waals surface area contributed by atoms with Gasteiger partial charge < -0.3 is 10.0 Å². The zero-order chi connectivity index (χ0) is 14.2. The van der Waals surface area contributed by atoms with Crippen LogP contribution < -0.4 is 4.90 Å². The molecule has 1 aromatic rings. The molecular weight excluding hydrogens is 266 g/mol. The molecule has 19 heavy (non-hydrogen) atoms. The molecule has 0 radical (unpaired) electrons. The Labute approximate surface area is 116 Å². The number of aliphatic hydroxyl groups is 1. The Morgan fingerprint density at radius 3 is 2.84 bits per heavy atom. The van der Waals surface area contributed by atoms with E-state index in [1.165, 1.54) is 17.9 Å². The van der Waals surface area contributed by atoms with E-state index < -0.39 is 11.5 Å². The second-order valence-corrected chi connectivity index (χ2v) is 5.04. The lowest BCUT2D eigenvalue weighted by Crippen LogP contribution is -2.41. The maximum absolute atomic E-state index is 12.4. The lowest BCUT2D eigenvalue weighted by atomic mass is 9.90. The number of hydrogen-bond acceptors (Lipinski definition) is 3. The van der Waals surface area contributed by atoms with Crippen LogP contribution in [0.4, 0.5) is 5.69 Å². The summed E-state index contributed by atoms with van der Waals surface area (Å²) in [5.74, 6) is -0.776. The fourth-order valence-electron chi connectivity index (χ4n) is 2.36. The van der Waals surface area contributed by atoms with E-state index in [1.54, 1.807) is 18.2 Å². The van der Waals surface area contributed by atoms with E-state index in [9.17, 15) is 14.7 Å². The molecule has 0 saturated heterocycles. The van der Waals surface area contributed by atoms with E-state index in [2.05, 4.69) is 6.58 Å². The van der Waals surface area contributed by atoms with Crippen molar-refractivity contribution in [3.05, 3.63) is 41.4 Å². The van der Waals surface area contributed by atoms with Crippen molar-refractivity contribution < 1.29 is 14.7 Å². The van der Waals surface area contributed by atoms with Gasteiger partial charge in [0.2, 0.25) is 0 Å². The number of carbonyl (C=O) groups excluding carboxylic acids is 2. The molecule has 1 N–H and O–H groups in total. The van der Waals surface area contributed by atoms with Crippen LogP contribution in [-0.4, -0.2) is 23.3 Å². The fraction of sp³-hybridized carbons (Fsp3) is 0.286. The number of amides is 1. The number of rotatable bonds is 4. The van der Waals surface area contributed by atoms with E-state index in [0.29, 0.717) is 16.3 Å². The molecule has 1 atom stereocenters. The normalized spacial score (nSPS) is 21.4. The average molecular weight is 280 g/mol. The maximum atomic E-state index is 12.4. The van der Waals surface area contributed by atoms with Crippen LogP contribution in [-0.2, 0) is 15.2 Å². The molecule has 5 heteroatoms. The SMILES string of the molecule is C=CCN1C(=O)C(O)(CC(C)=O)c2cc(Cl)ccc21. The van der Waals surface area contributed by atoms with Crippen molar-refractivity contribution in [2.45, 2.75) is 18.9 Å². The molecule has 0 aromatic heterocycles. The summed E-state index contributed by atoms with van der Waals surface area (Å²) in [5, 5.41) is 11.0. The summed E-state index contributed by atoms with van der Waals surface area (Å²) in [4.78, 5) is 25.1. The Morgan fingerprint density at radius 2 is 2.26 bits per heavy atom. The van der Waals surface area contributed by atoms with Gasteiger partial charge in [-0.3, -0.25) is 9.59 Å². The molecule has 0 bridgehead atoms. The molecule has 100 valence electrons. The molecule has 1 amide bonds. The summed E-state index contributed by atoms with van der Waals surface area (Å²) < 4.78 is 0. The van der Waals surface area contributed by atoms with Crippen molar-refractivity contribution in [3.63, 3.8) is 0 Å². The minimum absolute atomic E-state index is 0.257. The van der Waals surface area contributed by atoms with Gasteiger partial charge in [0.25, 0.3) is 5.91 Å². The zero-order valence-corrected chi connectivity index (χ0v) is 11.3. The summed E-state index contributed by atoms with van der Waals surface area (Å²) in [6, 6.07) is 4.83. The predicted octanol–water partition coefficient (Wildman–Crippen LogP) is 2.04. The first-order valence-electron chi connectivity index (χ1n) is 5.85. The Kier molecular flexibility index (Phi) is 3.47. The molecule has 4 nitrogen and oxygen atoms in total. The monoisotopic (exact) mass is 279 g/mol.